The van der Waals surface area contributed by atoms with Gasteiger partial charge in [-0.1, -0.05) is 12.8 Å². The van der Waals surface area contributed by atoms with E-state index in [1.807, 2.05) is 0 Å². The minimum Gasteiger partial charge on any atom is -0.387 e. The Bertz CT molecular complexity index is 162. The lowest BCUT2D eigenvalue weighted by Gasteiger charge is -2.07. The smallest absolute Gasteiger partial charge is 0.257 e. The van der Waals surface area contributed by atoms with E-state index in [2.05, 4.69) is 4.99 Å². The monoisotopic (exact) mass is 176 g/mol. The Balaban J connectivity index is 2.34. The lowest BCUT2D eigenvalue weighted by molar-refractivity contribution is 0.158. The Morgan fingerprint density at radius 3 is 2.50 bits per heavy atom. The molecular formula is C8H14F2N2. The van der Waals surface area contributed by atoms with Crippen molar-refractivity contribution in [1.82, 2.24) is 0 Å². The summed E-state index contributed by atoms with van der Waals surface area (Å²) in [4.78, 5) is 3.65. The average Bonchev–Trinajstić information content (AvgIpc) is 2.51. The third-order valence-electron chi connectivity index (χ3n) is 2.19. The fraction of sp³-hybridized carbons (Fsp3) is 0.875. The molecule has 0 spiro atoms. The van der Waals surface area contributed by atoms with Gasteiger partial charge in [0.05, 0.1) is 5.84 Å². The number of hydrogen-bond donors (Lipinski definition) is 1. The number of rotatable bonds is 3. The number of aliphatic imine (C=N–C) groups is 1. The standard InChI is InChI=1S/C8H14F2N2/c9-7(10)5-12-8(11)6-3-1-2-4-6/h6-7H,1-5H2,(H2,11,12). The van der Waals surface area contributed by atoms with Crippen LogP contribution in [0.15, 0.2) is 4.99 Å². The Morgan fingerprint density at radius 1 is 1.42 bits per heavy atom. The predicted molar refractivity (Wildman–Crippen MR) is 44.5 cm³/mol. The number of nitrogens with zero attached hydrogens (tertiary/aromatic N) is 1. The number of nitrogens with two attached hydrogens (primary N) is 1. The van der Waals surface area contributed by atoms with Crippen molar-refractivity contribution in [3.05, 3.63) is 0 Å². The molecule has 2 nitrogen and oxygen atoms in total. The summed E-state index contributed by atoms with van der Waals surface area (Å²) in [5.41, 5.74) is 5.54. The summed E-state index contributed by atoms with van der Waals surface area (Å²) in [6, 6.07) is 0. The summed E-state index contributed by atoms with van der Waals surface area (Å²) in [6.07, 6.45) is 1.95. The van der Waals surface area contributed by atoms with Gasteiger partial charge in [-0.15, -0.1) is 0 Å². The zero-order chi connectivity index (χ0) is 8.97. The molecule has 0 atom stereocenters. The van der Waals surface area contributed by atoms with Gasteiger partial charge in [-0.2, -0.15) is 0 Å². The third kappa shape index (κ3) is 2.75. The molecule has 0 radical (unpaired) electrons. The van der Waals surface area contributed by atoms with Crippen LogP contribution in [0.25, 0.3) is 0 Å². The number of halogens is 2. The van der Waals surface area contributed by atoms with Crippen molar-refractivity contribution >= 4 is 5.84 Å². The zero-order valence-corrected chi connectivity index (χ0v) is 6.97. The minimum absolute atomic E-state index is 0.267. The fourth-order valence-electron chi connectivity index (χ4n) is 1.53. The van der Waals surface area contributed by atoms with Crippen molar-refractivity contribution in [2.45, 2.75) is 32.1 Å². The Morgan fingerprint density at radius 2 is 2.00 bits per heavy atom. The highest BCUT2D eigenvalue weighted by Crippen LogP contribution is 2.24. The number of hydrogen-bond acceptors (Lipinski definition) is 1. The molecule has 1 rings (SSSR count). The van der Waals surface area contributed by atoms with Gasteiger partial charge in [-0.25, -0.2) is 8.78 Å². The summed E-state index contributed by atoms with van der Waals surface area (Å²) >= 11 is 0. The van der Waals surface area contributed by atoms with E-state index in [1.54, 1.807) is 0 Å². The molecule has 0 aromatic carbocycles. The first kappa shape index (κ1) is 9.42. The maximum absolute atomic E-state index is 11.7. The van der Waals surface area contributed by atoms with Crippen LogP contribution in [-0.2, 0) is 0 Å². The van der Waals surface area contributed by atoms with E-state index < -0.39 is 13.0 Å². The molecular weight excluding hydrogens is 162 g/mol. The van der Waals surface area contributed by atoms with Crippen LogP contribution in [0.1, 0.15) is 25.7 Å². The molecule has 70 valence electrons. The summed E-state index contributed by atoms with van der Waals surface area (Å²) < 4.78 is 23.4. The Labute approximate surface area is 70.9 Å². The maximum Gasteiger partial charge on any atom is 0.257 e. The molecule has 0 bridgehead atoms. The van der Waals surface area contributed by atoms with Gasteiger partial charge in [-0.05, 0) is 12.8 Å². The van der Waals surface area contributed by atoms with Crippen LogP contribution in [-0.4, -0.2) is 18.8 Å². The van der Waals surface area contributed by atoms with Crippen molar-refractivity contribution in [3.8, 4) is 0 Å². The van der Waals surface area contributed by atoms with Gasteiger partial charge >= 0.3 is 0 Å². The van der Waals surface area contributed by atoms with E-state index in [0.29, 0.717) is 5.84 Å². The SMILES string of the molecule is NC(=NCC(F)F)C1CCCC1. The van der Waals surface area contributed by atoms with Crippen molar-refractivity contribution in [1.29, 1.82) is 0 Å². The van der Waals surface area contributed by atoms with E-state index in [1.165, 1.54) is 0 Å². The number of alkyl halides is 2. The lowest BCUT2D eigenvalue weighted by atomic mass is 10.1. The largest absolute Gasteiger partial charge is 0.387 e. The molecule has 4 heteroatoms. The molecule has 0 aliphatic heterocycles. The van der Waals surface area contributed by atoms with Crippen LogP contribution in [0.3, 0.4) is 0 Å². The first-order valence-electron chi connectivity index (χ1n) is 4.28. The van der Waals surface area contributed by atoms with Crippen LogP contribution in [0.5, 0.6) is 0 Å². The van der Waals surface area contributed by atoms with E-state index >= 15 is 0 Å². The summed E-state index contributed by atoms with van der Waals surface area (Å²) in [6.45, 7) is -0.442. The van der Waals surface area contributed by atoms with Crippen LogP contribution in [0, 0.1) is 5.92 Å². The van der Waals surface area contributed by atoms with Crippen LogP contribution in [0.2, 0.25) is 0 Å². The van der Waals surface area contributed by atoms with Crippen LogP contribution in [0.4, 0.5) is 8.78 Å². The van der Waals surface area contributed by atoms with Gasteiger partial charge in [-0.3, -0.25) is 4.99 Å². The van der Waals surface area contributed by atoms with Crippen molar-refractivity contribution in [2.75, 3.05) is 6.54 Å². The molecule has 1 aliphatic rings. The molecule has 0 amide bonds. The van der Waals surface area contributed by atoms with Gasteiger partial charge in [0.1, 0.15) is 6.54 Å². The molecule has 1 saturated carbocycles. The minimum atomic E-state index is -2.37. The first-order chi connectivity index (χ1) is 5.70. The quantitative estimate of drug-likeness (QED) is 0.516. The molecule has 0 aromatic heterocycles. The molecule has 0 saturated heterocycles. The van der Waals surface area contributed by atoms with Gasteiger partial charge in [0, 0.05) is 5.92 Å². The molecule has 2 N–H and O–H groups in total. The number of amidine groups is 1. The highest BCUT2D eigenvalue weighted by molar-refractivity contribution is 5.83. The molecule has 0 aromatic rings. The van der Waals surface area contributed by atoms with Crippen molar-refractivity contribution in [3.63, 3.8) is 0 Å². The summed E-state index contributed by atoms with van der Waals surface area (Å²) in [7, 11) is 0. The highest BCUT2D eigenvalue weighted by atomic mass is 19.3. The molecule has 0 unspecified atom stereocenters. The maximum atomic E-state index is 11.7. The first-order valence-corrected chi connectivity index (χ1v) is 4.28. The highest BCUT2D eigenvalue weighted by Gasteiger charge is 2.18. The molecule has 1 fully saturated rings. The predicted octanol–water partition coefficient (Wildman–Crippen LogP) is 1.80. The van der Waals surface area contributed by atoms with Crippen molar-refractivity contribution in [2.24, 2.45) is 16.6 Å². The van der Waals surface area contributed by atoms with E-state index in [9.17, 15) is 8.78 Å². The third-order valence-corrected chi connectivity index (χ3v) is 2.19. The second-order valence-electron chi connectivity index (χ2n) is 3.14. The summed E-state index contributed by atoms with van der Waals surface area (Å²) in [5, 5.41) is 0. The van der Waals surface area contributed by atoms with Crippen molar-refractivity contribution < 1.29 is 8.78 Å². The van der Waals surface area contributed by atoms with Crippen LogP contribution < -0.4 is 5.73 Å². The second kappa shape index (κ2) is 4.38. The normalized spacial score (nSPS) is 20.8. The van der Waals surface area contributed by atoms with Gasteiger partial charge < -0.3 is 5.73 Å². The topological polar surface area (TPSA) is 38.4 Å². The molecule has 12 heavy (non-hydrogen) atoms. The van der Waals surface area contributed by atoms with E-state index in [0.717, 1.165) is 25.7 Å². The van der Waals surface area contributed by atoms with Crippen LogP contribution >= 0.6 is 0 Å². The zero-order valence-electron chi connectivity index (χ0n) is 6.97. The van der Waals surface area contributed by atoms with E-state index in [-0.39, 0.29) is 5.92 Å². The molecule has 0 heterocycles. The fourth-order valence-corrected chi connectivity index (χ4v) is 1.53. The Kier molecular flexibility index (Phi) is 3.44. The molecule has 1 aliphatic carbocycles. The summed E-state index contributed by atoms with van der Waals surface area (Å²) in [5.74, 6) is 0.691. The average molecular weight is 176 g/mol. The van der Waals surface area contributed by atoms with Gasteiger partial charge in [0.2, 0.25) is 0 Å². The lowest BCUT2D eigenvalue weighted by Crippen LogP contribution is -2.22. The Hall–Kier alpha value is -0.670. The van der Waals surface area contributed by atoms with E-state index in [4.69, 9.17) is 5.73 Å². The second-order valence-corrected chi connectivity index (χ2v) is 3.14. The van der Waals surface area contributed by atoms with Gasteiger partial charge in [0.25, 0.3) is 6.43 Å². The van der Waals surface area contributed by atoms with Gasteiger partial charge in [0.15, 0.2) is 0 Å².